The summed E-state index contributed by atoms with van der Waals surface area (Å²) >= 11 is 0. The molecule has 0 bridgehead atoms. The second-order valence-electron chi connectivity index (χ2n) is 6.66. The summed E-state index contributed by atoms with van der Waals surface area (Å²) in [7, 11) is 1.80. The number of aliphatic hydroxyl groups excluding tert-OH is 1. The van der Waals surface area contributed by atoms with Gasteiger partial charge < -0.3 is 19.7 Å². The van der Waals surface area contributed by atoms with Crippen molar-refractivity contribution in [3.05, 3.63) is 47.5 Å². The number of nitrogens with one attached hydrogen (secondary N) is 1. The van der Waals surface area contributed by atoms with Gasteiger partial charge in [0.25, 0.3) is 5.91 Å². The maximum absolute atomic E-state index is 12.6. The van der Waals surface area contributed by atoms with Gasteiger partial charge in [0.1, 0.15) is 5.75 Å². The molecule has 1 aliphatic heterocycles. The van der Waals surface area contributed by atoms with E-state index in [1.54, 1.807) is 24.0 Å². The van der Waals surface area contributed by atoms with Crippen LogP contribution in [0.3, 0.4) is 0 Å². The number of aromatic nitrogens is 2. The number of aliphatic hydroxyl groups is 1. The van der Waals surface area contributed by atoms with E-state index >= 15 is 0 Å². The molecule has 0 radical (unpaired) electrons. The van der Waals surface area contributed by atoms with Crippen LogP contribution in [0.25, 0.3) is 0 Å². The molecule has 0 saturated heterocycles. The Balaban J connectivity index is 1.60. The van der Waals surface area contributed by atoms with Crippen LogP contribution in [-0.4, -0.2) is 33.3 Å². The van der Waals surface area contributed by atoms with E-state index in [1.807, 2.05) is 12.1 Å². The topological polar surface area (TPSA) is 76.4 Å². The fraction of sp³-hybridized carbons (Fsp3) is 0.444. The number of ether oxygens (including phenoxy) is 1. The first-order valence-corrected chi connectivity index (χ1v) is 8.33. The summed E-state index contributed by atoms with van der Waals surface area (Å²) in [5.41, 5.74) is 2.25. The zero-order chi connectivity index (χ0) is 16.7. The molecule has 1 fully saturated rings. The number of nitrogens with zero attached hydrogens (tertiary/aromatic N) is 2. The van der Waals surface area contributed by atoms with E-state index in [4.69, 9.17) is 4.74 Å². The number of benzene rings is 1. The van der Waals surface area contributed by atoms with Crippen LogP contribution in [0.4, 0.5) is 0 Å². The number of carbonyl (C=O) groups is 1. The van der Waals surface area contributed by atoms with E-state index in [0.29, 0.717) is 25.3 Å². The molecule has 1 amide bonds. The Hall–Kier alpha value is -2.34. The van der Waals surface area contributed by atoms with Crippen LogP contribution in [0.15, 0.2) is 30.6 Å². The quantitative estimate of drug-likeness (QED) is 0.894. The van der Waals surface area contributed by atoms with E-state index in [1.165, 1.54) is 5.56 Å². The van der Waals surface area contributed by atoms with Crippen LogP contribution in [0.1, 0.15) is 40.6 Å². The highest BCUT2D eigenvalue weighted by molar-refractivity contribution is 5.91. The molecule has 2 heterocycles. The minimum Gasteiger partial charge on any atom is -0.493 e. The first-order valence-electron chi connectivity index (χ1n) is 8.33. The summed E-state index contributed by atoms with van der Waals surface area (Å²) in [6.45, 7) is 0.714. The third-order valence-electron chi connectivity index (χ3n) is 5.00. The van der Waals surface area contributed by atoms with Crippen molar-refractivity contribution in [1.82, 2.24) is 14.9 Å². The van der Waals surface area contributed by atoms with Crippen molar-refractivity contribution in [3.63, 3.8) is 0 Å². The number of fused-ring (bicyclic) bond motifs is 1. The zero-order valence-electron chi connectivity index (χ0n) is 13.6. The number of rotatable bonds is 4. The van der Waals surface area contributed by atoms with Gasteiger partial charge >= 0.3 is 0 Å². The molecule has 1 aromatic carbocycles. The van der Waals surface area contributed by atoms with Gasteiger partial charge in [0.15, 0.2) is 5.82 Å². The molecule has 0 unspecified atom stereocenters. The molecule has 126 valence electrons. The molecule has 6 heteroatoms. The third kappa shape index (κ3) is 2.67. The van der Waals surface area contributed by atoms with Gasteiger partial charge in [-0.3, -0.25) is 4.79 Å². The molecular formula is C18H21N3O3. The van der Waals surface area contributed by atoms with Crippen molar-refractivity contribution in [2.45, 2.75) is 31.4 Å². The number of aryl methyl sites for hydroxylation is 1. The first-order chi connectivity index (χ1) is 11.6. The SMILES string of the molecule is Cn1ccnc1C(=O)N[C@H](c1ccc2c(c1)CCO2)C1CC(O)C1. The molecule has 1 atom stereocenters. The Morgan fingerprint density at radius 3 is 3.00 bits per heavy atom. The van der Waals surface area contributed by atoms with E-state index in [9.17, 15) is 9.90 Å². The highest BCUT2D eigenvalue weighted by atomic mass is 16.5. The monoisotopic (exact) mass is 327 g/mol. The van der Waals surface area contributed by atoms with Gasteiger partial charge in [-0.1, -0.05) is 6.07 Å². The van der Waals surface area contributed by atoms with Crippen molar-refractivity contribution >= 4 is 5.91 Å². The standard InChI is InChI=1S/C18H21N3O3/c1-21-6-5-19-17(21)18(23)20-16(13-9-14(22)10-13)12-2-3-15-11(8-12)4-7-24-15/h2-3,5-6,8,13-14,16,22H,4,7,9-10H2,1H3,(H,20,23)/t13?,14?,16-/m1/s1. The Kier molecular flexibility index (Phi) is 3.76. The lowest BCUT2D eigenvalue weighted by atomic mass is 9.75. The molecule has 2 aliphatic rings. The van der Waals surface area contributed by atoms with Gasteiger partial charge in [0.05, 0.1) is 18.8 Å². The summed E-state index contributed by atoms with van der Waals surface area (Å²) in [5, 5.41) is 12.8. The molecule has 24 heavy (non-hydrogen) atoms. The molecular weight excluding hydrogens is 306 g/mol. The predicted octanol–water partition coefficient (Wildman–Crippen LogP) is 1.60. The highest BCUT2D eigenvalue weighted by Crippen LogP contribution is 2.39. The minimum absolute atomic E-state index is 0.122. The highest BCUT2D eigenvalue weighted by Gasteiger charge is 2.36. The molecule has 2 N–H and O–H groups in total. The van der Waals surface area contributed by atoms with Gasteiger partial charge in [-0.2, -0.15) is 0 Å². The van der Waals surface area contributed by atoms with Gasteiger partial charge in [-0.15, -0.1) is 0 Å². The summed E-state index contributed by atoms with van der Waals surface area (Å²) < 4.78 is 7.27. The van der Waals surface area contributed by atoms with Crippen molar-refractivity contribution in [2.75, 3.05) is 6.61 Å². The zero-order valence-corrected chi connectivity index (χ0v) is 13.6. The fourth-order valence-corrected chi connectivity index (χ4v) is 3.57. The summed E-state index contributed by atoms with van der Waals surface area (Å²) in [6, 6.07) is 5.99. The fourth-order valence-electron chi connectivity index (χ4n) is 3.57. The van der Waals surface area contributed by atoms with Crippen molar-refractivity contribution < 1.29 is 14.6 Å². The van der Waals surface area contributed by atoms with Gasteiger partial charge in [0, 0.05) is 25.9 Å². The number of imidazole rings is 1. The summed E-state index contributed by atoms with van der Waals surface area (Å²) in [4.78, 5) is 16.7. The predicted molar refractivity (Wildman–Crippen MR) is 87.8 cm³/mol. The maximum atomic E-state index is 12.6. The minimum atomic E-state index is -0.264. The molecule has 0 spiro atoms. The van der Waals surface area contributed by atoms with Crippen molar-refractivity contribution in [3.8, 4) is 5.75 Å². The lowest BCUT2D eigenvalue weighted by molar-refractivity contribution is 0.0233. The smallest absolute Gasteiger partial charge is 0.287 e. The number of hydrogen-bond donors (Lipinski definition) is 2. The largest absolute Gasteiger partial charge is 0.493 e. The van der Waals surface area contributed by atoms with Crippen LogP contribution in [0, 0.1) is 5.92 Å². The molecule has 1 saturated carbocycles. The van der Waals surface area contributed by atoms with E-state index in [0.717, 1.165) is 17.7 Å². The number of amides is 1. The number of hydrogen-bond acceptors (Lipinski definition) is 4. The van der Waals surface area contributed by atoms with E-state index in [2.05, 4.69) is 16.4 Å². The maximum Gasteiger partial charge on any atom is 0.287 e. The van der Waals surface area contributed by atoms with Crippen LogP contribution in [-0.2, 0) is 13.5 Å². The molecule has 1 aliphatic carbocycles. The second-order valence-corrected chi connectivity index (χ2v) is 6.66. The van der Waals surface area contributed by atoms with Crippen LogP contribution in [0.2, 0.25) is 0 Å². The Morgan fingerprint density at radius 1 is 1.46 bits per heavy atom. The molecule has 1 aromatic heterocycles. The lowest BCUT2D eigenvalue weighted by Crippen LogP contribution is -2.42. The normalized spacial score (nSPS) is 23.1. The average Bonchev–Trinajstić information content (AvgIpc) is 3.17. The van der Waals surface area contributed by atoms with Crippen molar-refractivity contribution in [2.24, 2.45) is 13.0 Å². The lowest BCUT2D eigenvalue weighted by Gasteiger charge is -2.38. The Bertz CT molecular complexity index is 765. The molecule has 2 aromatic rings. The summed E-state index contributed by atoms with van der Waals surface area (Å²) in [5.74, 6) is 1.38. The first kappa shape index (κ1) is 15.2. The number of carbonyl (C=O) groups excluding carboxylic acids is 1. The third-order valence-corrected chi connectivity index (χ3v) is 5.00. The van der Waals surface area contributed by atoms with E-state index in [-0.39, 0.29) is 24.0 Å². The van der Waals surface area contributed by atoms with Gasteiger partial charge in [-0.05, 0) is 42.0 Å². The van der Waals surface area contributed by atoms with Gasteiger partial charge in [-0.25, -0.2) is 4.98 Å². The van der Waals surface area contributed by atoms with Crippen LogP contribution >= 0.6 is 0 Å². The van der Waals surface area contributed by atoms with Crippen LogP contribution in [0.5, 0.6) is 5.75 Å². The average molecular weight is 327 g/mol. The molecule has 6 nitrogen and oxygen atoms in total. The summed E-state index contributed by atoms with van der Waals surface area (Å²) in [6.07, 6.45) is 5.42. The Morgan fingerprint density at radius 2 is 2.29 bits per heavy atom. The van der Waals surface area contributed by atoms with E-state index < -0.39 is 0 Å². The Labute approximate surface area is 140 Å². The van der Waals surface area contributed by atoms with Crippen LogP contribution < -0.4 is 10.1 Å². The van der Waals surface area contributed by atoms with Gasteiger partial charge in [0.2, 0.25) is 0 Å². The second kappa shape index (κ2) is 5.94. The molecule has 4 rings (SSSR count). The van der Waals surface area contributed by atoms with Crippen molar-refractivity contribution in [1.29, 1.82) is 0 Å².